The van der Waals surface area contributed by atoms with E-state index in [0.717, 1.165) is 190 Å². The van der Waals surface area contributed by atoms with Crippen molar-refractivity contribution in [1.29, 1.82) is 0 Å². The number of rotatable bonds is 1. The molecule has 0 spiro atoms. The van der Waals surface area contributed by atoms with E-state index in [2.05, 4.69) is 133 Å². The highest BCUT2D eigenvalue weighted by molar-refractivity contribution is 7.02. The molecule has 20 rings (SSSR count). The normalized spacial score (nSPS) is 14.4. The molecule has 0 saturated carbocycles. The second kappa shape index (κ2) is 14.9. The number of benzene rings is 12. The van der Waals surface area contributed by atoms with Crippen molar-refractivity contribution in [3.63, 3.8) is 0 Å². The van der Waals surface area contributed by atoms with Gasteiger partial charge in [0.25, 0.3) is 26.9 Å². The highest BCUT2D eigenvalue weighted by Crippen LogP contribution is 2.45. The number of ether oxygens (including phenoxy) is 8. The summed E-state index contributed by atoms with van der Waals surface area (Å²) in [6, 6.07) is 71.9. The zero-order valence-corrected chi connectivity index (χ0v) is 42.2. The summed E-state index contributed by atoms with van der Waals surface area (Å²) < 4.78 is 54.4. The van der Waals surface area contributed by atoms with Crippen LogP contribution < -0.4 is 103 Å². The smallest absolute Gasteiger partial charge is 0.261 e. The zero-order valence-electron chi connectivity index (χ0n) is 42.2. The molecule has 0 radical (unpaired) electrons. The van der Waals surface area contributed by atoms with Gasteiger partial charge in [0.15, 0.2) is 0 Å². The molecular formula is C68H34B4O8. The summed E-state index contributed by atoms with van der Waals surface area (Å²) in [4.78, 5) is 0. The molecule has 0 amide bonds. The van der Waals surface area contributed by atoms with Gasteiger partial charge in [0.1, 0.15) is 92.0 Å². The van der Waals surface area contributed by atoms with Crippen LogP contribution in [-0.4, -0.2) is 26.9 Å². The van der Waals surface area contributed by atoms with Gasteiger partial charge in [-0.1, -0.05) is 109 Å². The van der Waals surface area contributed by atoms with Crippen LogP contribution in [0.4, 0.5) is 0 Å². The van der Waals surface area contributed by atoms with E-state index in [1.807, 2.05) is 72.8 Å². The van der Waals surface area contributed by atoms with Gasteiger partial charge in [-0.25, -0.2) is 0 Å². The summed E-state index contributed by atoms with van der Waals surface area (Å²) in [7, 11) is 0. The summed E-state index contributed by atoms with van der Waals surface area (Å²) >= 11 is 0. The van der Waals surface area contributed by atoms with Crippen molar-refractivity contribution in [2.45, 2.75) is 0 Å². The molecule has 8 nitrogen and oxygen atoms in total. The molecule has 0 aliphatic carbocycles. The van der Waals surface area contributed by atoms with E-state index in [-0.39, 0.29) is 26.9 Å². The Morgan fingerprint density at radius 1 is 0.212 bits per heavy atom. The summed E-state index contributed by atoms with van der Waals surface area (Å²) in [5.41, 5.74) is 14.8. The molecule has 8 aliphatic rings. The Morgan fingerprint density at radius 3 is 1.10 bits per heavy atom. The second-order valence-corrected chi connectivity index (χ2v) is 21.9. The molecule has 8 heterocycles. The maximum Gasteiger partial charge on any atom is 0.261 e. The van der Waals surface area contributed by atoms with Crippen LogP contribution in [0.2, 0.25) is 0 Å². The molecule has 0 aromatic heterocycles. The molecule has 0 N–H and O–H groups in total. The molecular weight excluding hydrogens is 988 g/mol. The van der Waals surface area contributed by atoms with Crippen LogP contribution >= 0.6 is 0 Å². The molecule has 12 heteroatoms. The lowest BCUT2D eigenvalue weighted by Gasteiger charge is -2.36. The number of hydrogen-bond acceptors (Lipinski definition) is 8. The van der Waals surface area contributed by atoms with Crippen molar-refractivity contribution in [2.75, 3.05) is 0 Å². The fourth-order valence-electron chi connectivity index (χ4n) is 14.7. The molecule has 12 aromatic carbocycles. The van der Waals surface area contributed by atoms with Gasteiger partial charge in [-0.2, -0.15) is 0 Å². The maximum absolute atomic E-state index is 7.13. The Kier molecular flexibility index (Phi) is 7.80. The number of para-hydroxylation sites is 3. The van der Waals surface area contributed by atoms with Crippen LogP contribution in [0.25, 0.3) is 32.7 Å². The standard InChI is InChI=1S/C68H34B4O8/c1-4-13-47-41(10-1)69-45-30-36-34-61-46(31-37(36)33-60(45)78-52-18-7-16-50(73-47)64(52)69)70-44-26-22-35(32-59(44)77-51-17-8-19-53(79-61)65(51)70)38-23-27-58-67-68(38)80-49-15-6-3-12-43(49)72(67)63-40-25-28-56-62(39(40)24-29-57(63)76-58)71-42-11-2-5-14-48(42)74-54-20-9-21-55(75-56)66(54)71/h1-34H. The molecule has 366 valence electrons. The lowest BCUT2D eigenvalue weighted by atomic mass is 9.32. The minimum absolute atomic E-state index is 0.0365. The fraction of sp³-hybridized carbons (Fsp3) is 0. The van der Waals surface area contributed by atoms with Gasteiger partial charge in [0, 0.05) is 27.4 Å². The zero-order chi connectivity index (χ0) is 51.6. The first-order valence-corrected chi connectivity index (χ1v) is 27.2. The van der Waals surface area contributed by atoms with Crippen molar-refractivity contribution in [3.05, 3.63) is 206 Å². The van der Waals surface area contributed by atoms with Gasteiger partial charge in [-0.3, -0.25) is 0 Å². The number of hydrogen-bond donors (Lipinski definition) is 0. The Hall–Kier alpha value is -10.2. The van der Waals surface area contributed by atoms with Crippen molar-refractivity contribution in [1.82, 2.24) is 0 Å². The largest absolute Gasteiger partial charge is 0.458 e. The van der Waals surface area contributed by atoms with E-state index in [9.17, 15) is 0 Å². The highest BCUT2D eigenvalue weighted by Gasteiger charge is 2.47. The van der Waals surface area contributed by atoms with Gasteiger partial charge >= 0.3 is 0 Å². The van der Waals surface area contributed by atoms with Gasteiger partial charge in [-0.05, 0) is 168 Å². The molecule has 80 heavy (non-hydrogen) atoms. The van der Waals surface area contributed by atoms with Crippen molar-refractivity contribution >= 4 is 114 Å². The summed E-state index contributed by atoms with van der Waals surface area (Å²) in [6.45, 7) is -0.488. The van der Waals surface area contributed by atoms with E-state index in [0.29, 0.717) is 0 Å². The Bertz CT molecular complexity index is 4910. The lowest BCUT2D eigenvalue weighted by Crippen LogP contribution is -2.59. The van der Waals surface area contributed by atoms with E-state index in [1.165, 1.54) is 0 Å². The number of fused-ring (bicyclic) bond motifs is 20. The van der Waals surface area contributed by atoms with Crippen LogP contribution in [-0.2, 0) is 0 Å². The van der Waals surface area contributed by atoms with Crippen molar-refractivity contribution in [2.24, 2.45) is 0 Å². The van der Waals surface area contributed by atoms with E-state index in [4.69, 9.17) is 37.9 Å². The second-order valence-electron chi connectivity index (χ2n) is 21.9. The molecule has 0 fully saturated rings. The minimum atomic E-state index is -0.201. The third kappa shape index (κ3) is 5.40. The Morgan fingerprint density at radius 2 is 0.575 bits per heavy atom. The van der Waals surface area contributed by atoms with Crippen molar-refractivity contribution in [3.8, 4) is 103 Å². The van der Waals surface area contributed by atoms with Gasteiger partial charge in [-0.15, -0.1) is 0 Å². The summed E-state index contributed by atoms with van der Waals surface area (Å²) in [6.07, 6.45) is 0. The average molecular weight is 1020 g/mol. The fourth-order valence-corrected chi connectivity index (χ4v) is 14.7. The van der Waals surface area contributed by atoms with Crippen LogP contribution in [0.15, 0.2) is 206 Å². The summed E-state index contributed by atoms with van der Waals surface area (Å²) in [5.74, 6) is 13.0. The van der Waals surface area contributed by atoms with Gasteiger partial charge in [0.2, 0.25) is 0 Å². The first-order valence-electron chi connectivity index (χ1n) is 27.2. The first-order chi connectivity index (χ1) is 39.6. The first kappa shape index (κ1) is 41.9. The molecule has 0 unspecified atom stereocenters. The van der Waals surface area contributed by atoms with Crippen LogP contribution in [0, 0.1) is 0 Å². The maximum atomic E-state index is 7.13. The van der Waals surface area contributed by atoms with E-state index >= 15 is 0 Å². The van der Waals surface area contributed by atoms with E-state index < -0.39 is 0 Å². The molecule has 0 saturated heterocycles. The quantitative estimate of drug-likeness (QED) is 0.152. The average Bonchev–Trinajstić information content (AvgIpc) is 3.62. The monoisotopic (exact) mass is 1020 g/mol. The Labute approximate surface area is 458 Å². The summed E-state index contributed by atoms with van der Waals surface area (Å²) in [5, 5.41) is 4.35. The predicted octanol–water partition coefficient (Wildman–Crippen LogP) is 8.57. The van der Waals surface area contributed by atoms with Crippen LogP contribution in [0.5, 0.6) is 92.0 Å². The van der Waals surface area contributed by atoms with E-state index in [1.54, 1.807) is 0 Å². The molecule has 8 aliphatic heterocycles. The minimum Gasteiger partial charge on any atom is -0.458 e. The SMILES string of the molecule is c1ccc2c(c1)Oc1cccc3c1B2c1cc2cc4c(cc2cc1O3)B1c2ccc(-c3ccc5c6c3Oc3ccccc3B6c3c(ccc6c7c(ccc36)Oc3cccc6c3B7c3ccccc3O6)O5)cc2Oc2cccc(c21)O4. The third-order valence-electron chi connectivity index (χ3n) is 18.0. The van der Waals surface area contributed by atoms with Crippen molar-refractivity contribution < 1.29 is 37.9 Å². The molecule has 12 aromatic rings. The van der Waals surface area contributed by atoms with Gasteiger partial charge in [0.05, 0.1) is 0 Å². The lowest BCUT2D eigenvalue weighted by molar-refractivity contribution is 0.463. The molecule has 0 bridgehead atoms. The van der Waals surface area contributed by atoms with Gasteiger partial charge < -0.3 is 37.9 Å². The van der Waals surface area contributed by atoms with Crippen LogP contribution in [0.3, 0.4) is 0 Å². The Balaban J connectivity index is 0.724. The topological polar surface area (TPSA) is 73.8 Å². The third-order valence-corrected chi connectivity index (χ3v) is 18.0. The predicted molar refractivity (Wildman–Crippen MR) is 318 cm³/mol. The molecule has 0 atom stereocenters. The van der Waals surface area contributed by atoms with Crippen LogP contribution in [0.1, 0.15) is 0 Å². The highest BCUT2D eigenvalue weighted by atomic mass is 16.5.